The standard InChI is InChI=1S/C14H17BrN2O4/c1-19-8-4-11(16-7-8)14(18)17-10-6-13-12(5-9(10)15)20-2-3-21-13/h5-6,8,11,16H,2-4,7H2,1H3,(H,17,18). The third-order valence-electron chi connectivity index (χ3n) is 3.63. The number of nitrogens with one attached hydrogen (secondary N) is 2. The Morgan fingerprint density at radius 2 is 2.10 bits per heavy atom. The summed E-state index contributed by atoms with van der Waals surface area (Å²) >= 11 is 3.44. The van der Waals surface area contributed by atoms with Crippen molar-refractivity contribution < 1.29 is 19.0 Å². The van der Waals surface area contributed by atoms with Gasteiger partial charge in [-0.1, -0.05) is 0 Å². The molecule has 0 aliphatic carbocycles. The summed E-state index contributed by atoms with van der Waals surface area (Å²) in [5, 5.41) is 6.06. The summed E-state index contributed by atoms with van der Waals surface area (Å²) in [6.07, 6.45) is 0.759. The first-order chi connectivity index (χ1) is 10.2. The van der Waals surface area contributed by atoms with Crippen LogP contribution in [0.25, 0.3) is 0 Å². The zero-order chi connectivity index (χ0) is 14.8. The highest BCUT2D eigenvalue weighted by Gasteiger charge is 2.29. The zero-order valence-electron chi connectivity index (χ0n) is 11.6. The molecule has 2 aliphatic rings. The van der Waals surface area contributed by atoms with Crippen molar-refractivity contribution in [3.8, 4) is 11.5 Å². The molecule has 1 amide bonds. The van der Waals surface area contributed by atoms with Gasteiger partial charge in [-0.2, -0.15) is 0 Å². The second kappa shape index (κ2) is 6.21. The van der Waals surface area contributed by atoms with E-state index in [0.717, 1.165) is 4.47 Å². The van der Waals surface area contributed by atoms with E-state index in [9.17, 15) is 4.79 Å². The third kappa shape index (κ3) is 3.14. The fraction of sp³-hybridized carbons (Fsp3) is 0.500. The minimum Gasteiger partial charge on any atom is -0.486 e. The number of ether oxygens (including phenoxy) is 3. The maximum Gasteiger partial charge on any atom is 0.241 e. The minimum atomic E-state index is -0.241. The zero-order valence-corrected chi connectivity index (χ0v) is 13.2. The van der Waals surface area contributed by atoms with Crippen LogP contribution in [0.4, 0.5) is 5.69 Å². The van der Waals surface area contributed by atoms with Gasteiger partial charge in [0, 0.05) is 30.3 Å². The molecule has 2 unspecified atom stereocenters. The largest absolute Gasteiger partial charge is 0.486 e. The van der Waals surface area contributed by atoms with E-state index < -0.39 is 0 Å². The van der Waals surface area contributed by atoms with E-state index in [1.165, 1.54) is 0 Å². The molecular formula is C14H17BrN2O4. The van der Waals surface area contributed by atoms with Gasteiger partial charge in [-0.05, 0) is 22.4 Å². The highest BCUT2D eigenvalue weighted by Crippen LogP contribution is 2.38. The Hall–Kier alpha value is -1.31. The van der Waals surface area contributed by atoms with E-state index in [-0.39, 0.29) is 18.1 Å². The van der Waals surface area contributed by atoms with Crippen molar-refractivity contribution >= 4 is 27.5 Å². The highest BCUT2D eigenvalue weighted by molar-refractivity contribution is 9.10. The van der Waals surface area contributed by atoms with Crippen molar-refractivity contribution in [3.05, 3.63) is 16.6 Å². The van der Waals surface area contributed by atoms with Crippen molar-refractivity contribution in [1.82, 2.24) is 5.32 Å². The average molecular weight is 357 g/mol. The molecule has 114 valence electrons. The van der Waals surface area contributed by atoms with Gasteiger partial charge >= 0.3 is 0 Å². The first-order valence-electron chi connectivity index (χ1n) is 6.83. The molecule has 0 saturated carbocycles. The van der Waals surface area contributed by atoms with Gasteiger partial charge in [0.1, 0.15) is 13.2 Å². The molecule has 1 fully saturated rings. The van der Waals surface area contributed by atoms with Crippen molar-refractivity contribution in [2.45, 2.75) is 18.6 Å². The Morgan fingerprint density at radius 1 is 1.38 bits per heavy atom. The van der Waals surface area contributed by atoms with Crippen molar-refractivity contribution in [1.29, 1.82) is 0 Å². The molecule has 0 aromatic heterocycles. The number of anilines is 1. The summed E-state index contributed by atoms with van der Waals surface area (Å²) in [6.45, 7) is 1.74. The first-order valence-corrected chi connectivity index (χ1v) is 7.63. The maximum absolute atomic E-state index is 12.3. The van der Waals surface area contributed by atoms with Gasteiger partial charge in [0.2, 0.25) is 5.91 Å². The number of amides is 1. The van der Waals surface area contributed by atoms with Gasteiger partial charge in [-0.25, -0.2) is 0 Å². The van der Waals surface area contributed by atoms with Crippen LogP contribution in [0.3, 0.4) is 0 Å². The van der Waals surface area contributed by atoms with Gasteiger partial charge in [0.05, 0.1) is 17.8 Å². The monoisotopic (exact) mass is 356 g/mol. The number of methoxy groups -OCH3 is 1. The lowest BCUT2D eigenvalue weighted by molar-refractivity contribution is -0.118. The molecule has 2 aliphatic heterocycles. The number of carbonyl (C=O) groups excluding carboxylic acids is 1. The van der Waals surface area contributed by atoms with E-state index in [2.05, 4.69) is 26.6 Å². The number of halogens is 1. The molecule has 2 heterocycles. The Kier molecular flexibility index (Phi) is 4.32. The number of fused-ring (bicyclic) bond motifs is 1. The van der Waals surface area contributed by atoms with E-state index >= 15 is 0 Å². The lowest BCUT2D eigenvalue weighted by Crippen LogP contribution is -2.35. The number of hydrogen-bond donors (Lipinski definition) is 2. The van der Waals surface area contributed by atoms with Crippen LogP contribution >= 0.6 is 15.9 Å². The van der Waals surface area contributed by atoms with E-state index in [0.29, 0.717) is 43.4 Å². The normalized spacial score (nSPS) is 23.9. The second-order valence-electron chi connectivity index (χ2n) is 5.02. The summed E-state index contributed by atoms with van der Waals surface area (Å²) in [6, 6.07) is 3.35. The molecule has 2 atom stereocenters. The number of hydrogen-bond acceptors (Lipinski definition) is 5. The van der Waals surface area contributed by atoms with Gasteiger partial charge in [0.25, 0.3) is 0 Å². The van der Waals surface area contributed by atoms with Crippen LogP contribution in [0.2, 0.25) is 0 Å². The molecule has 0 radical (unpaired) electrons. The van der Waals surface area contributed by atoms with Gasteiger partial charge < -0.3 is 24.8 Å². The van der Waals surface area contributed by atoms with E-state index in [1.807, 2.05) is 6.07 Å². The number of rotatable bonds is 3. The van der Waals surface area contributed by atoms with E-state index in [1.54, 1.807) is 13.2 Å². The summed E-state index contributed by atoms with van der Waals surface area (Å²) in [5.74, 6) is 1.25. The smallest absolute Gasteiger partial charge is 0.241 e. The summed E-state index contributed by atoms with van der Waals surface area (Å²) in [7, 11) is 1.66. The van der Waals surface area contributed by atoms with Gasteiger partial charge in [0.15, 0.2) is 11.5 Å². The SMILES string of the molecule is COC1CNC(C(=O)Nc2cc3c(cc2Br)OCCO3)C1. The lowest BCUT2D eigenvalue weighted by Gasteiger charge is -2.20. The maximum atomic E-state index is 12.3. The van der Waals surface area contributed by atoms with Crippen LogP contribution in [-0.4, -0.2) is 44.9 Å². The molecule has 2 N–H and O–H groups in total. The second-order valence-corrected chi connectivity index (χ2v) is 5.87. The predicted octanol–water partition coefficient (Wildman–Crippen LogP) is 1.54. The van der Waals surface area contributed by atoms with Crippen molar-refractivity contribution in [2.75, 3.05) is 32.2 Å². The van der Waals surface area contributed by atoms with E-state index in [4.69, 9.17) is 14.2 Å². The first kappa shape index (κ1) is 14.6. The molecule has 7 heteroatoms. The van der Waals surface area contributed by atoms with Gasteiger partial charge in [-0.15, -0.1) is 0 Å². The Morgan fingerprint density at radius 3 is 2.76 bits per heavy atom. The predicted molar refractivity (Wildman–Crippen MR) is 81.0 cm³/mol. The lowest BCUT2D eigenvalue weighted by atomic mass is 10.2. The van der Waals surface area contributed by atoms with Crippen LogP contribution in [-0.2, 0) is 9.53 Å². The molecule has 0 spiro atoms. The Balaban J connectivity index is 1.71. The minimum absolute atomic E-state index is 0.0769. The number of carbonyl (C=O) groups is 1. The van der Waals surface area contributed by atoms with Crippen LogP contribution in [0.15, 0.2) is 16.6 Å². The average Bonchev–Trinajstić information content (AvgIpc) is 2.97. The van der Waals surface area contributed by atoms with Crippen LogP contribution < -0.4 is 20.1 Å². The Labute approximate surface area is 131 Å². The highest BCUT2D eigenvalue weighted by atomic mass is 79.9. The fourth-order valence-corrected chi connectivity index (χ4v) is 2.88. The molecule has 1 aromatic carbocycles. The quantitative estimate of drug-likeness (QED) is 0.859. The summed E-state index contributed by atoms with van der Waals surface area (Å²) in [5.41, 5.74) is 0.673. The molecule has 6 nitrogen and oxygen atoms in total. The third-order valence-corrected chi connectivity index (χ3v) is 4.29. The summed E-state index contributed by atoms with van der Waals surface area (Å²) < 4.78 is 17.0. The van der Waals surface area contributed by atoms with Crippen molar-refractivity contribution in [3.63, 3.8) is 0 Å². The van der Waals surface area contributed by atoms with Gasteiger partial charge in [-0.3, -0.25) is 4.79 Å². The van der Waals surface area contributed by atoms with Crippen LogP contribution in [0.5, 0.6) is 11.5 Å². The van der Waals surface area contributed by atoms with Crippen molar-refractivity contribution in [2.24, 2.45) is 0 Å². The topological polar surface area (TPSA) is 68.8 Å². The van der Waals surface area contributed by atoms with Crippen LogP contribution in [0.1, 0.15) is 6.42 Å². The summed E-state index contributed by atoms with van der Waals surface area (Å²) in [4.78, 5) is 12.3. The van der Waals surface area contributed by atoms with Crippen LogP contribution in [0, 0.1) is 0 Å². The molecule has 3 rings (SSSR count). The number of benzene rings is 1. The molecule has 0 bridgehead atoms. The fourth-order valence-electron chi connectivity index (χ4n) is 2.46. The molecule has 1 aromatic rings. The Bertz CT molecular complexity index is 552. The molecule has 21 heavy (non-hydrogen) atoms. The molecular weight excluding hydrogens is 340 g/mol. The molecule has 1 saturated heterocycles.